The maximum absolute atomic E-state index is 14.3. The molecule has 43 heavy (non-hydrogen) atoms. The van der Waals surface area contributed by atoms with E-state index in [2.05, 4.69) is 62.6 Å². The standard InChI is InChI=1S/C36H48N4O3/c1-33-15-5-17-35(3,28(33)13-9-22-7-11-24(38)19-26(22)33)31(42)40-32(43)36(4)18-6-16-34(2)27-20-25(39-30(41)21-37)12-8-23(27)10-14-29(34)36/h7-8,11-12,19-20,28-29H,5-6,9-10,13-18,21,37-38H2,1-4H3,(H,39,41)(H,40,42,43)/t28?,29-,33?,34-,35?,36+/m1/s1. The van der Waals surface area contributed by atoms with Crippen LogP contribution in [0.25, 0.3) is 0 Å². The van der Waals surface area contributed by atoms with Gasteiger partial charge in [0.1, 0.15) is 0 Å². The highest BCUT2D eigenvalue weighted by molar-refractivity contribution is 6.01. The molecule has 6 rings (SSSR count). The van der Waals surface area contributed by atoms with Crippen LogP contribution < -0.4 is 22.1 Å². The molecule has 0 saturated heterocycles. The molecule has 3 amide bonds. The molecular weight excluding hydrogens is 536 g/mol. The predicted molar refractivity (Wildman–Crippen MR) is 170 cm³/mol. The molecule has 0 radical (unpaired) electrons. The number of carbonyl (C=O) groups is 3. The van der Waals surface area contributed by atoms with Crippen LogP contribution in [0.1, 0.15) is 101 Å². The highest BCUT2D eigenvalue weighted by Crippen LogP contribution is 2.59. The molecule has 2 aromatic rings. The van der Waals surface area contributed by atoms with E-state index in [9.17, 15) is 14.4 Å². The van der Waals surface area contributed by atoms with Crippen molar-refractivity contribution in [2.45, 2.75) is 103 Å². The number of benzene rings is 2. The van der Waals surface area contributed by atoms with Gasteiger partial charge >= 0.3 is 0 Å². The van der Waals surface area contributed by atoms with Gasteiger partial charge in [0.05, 0.1) is 17.4 Å². The first-order valence-electron chi connectivity index (χ1n) is 16.2. The molecule has 0 aromatic heterocycles. The van der Waals surface area contributed by atoms with Crippen LogP contribution in [0.4, 0.5) is 11.4 Å². The lowest BCUT2D eigenvalue weighted by atomic mass is 9.49. The van der Waals surface area contributed by atoms with Crippen LogP contribution in [0, 0.1) is 22.7 Å². The average molecular weight is 585 g/mol. The zero-order valence-corrected chi connectivity index (χ0v) is 26.3. The maximum atomic E-state index is 14.3. The molecule has 0 spiro atoms. The number of aryl methyl sites for hydroxylation is 2. The number of rotatable bonds is 4. The quantitative estimate of drug-likeness (QED) is 0.278. The van der Waals surface area contributed by atoms with E-state index in [4.69, 9.17) is 11.5 Å². The fraction of sp³-hybridized carbons (Fsp3) is 0.583. The number of carbonyl (C=O) groups excluding carboxylic acids is 3. The molecule has 230 valence electrons. The highest BCUT2D eigenvalue weighted by Gasteiger charge is 2.58. The molecule has 4 aliphatic rings. The largest absolute Gasteiger partial charge is 0.399 e. The van der Waals surface area contributed by atoms with E-state index in [1.807, 2.05) is 12.1 Å². The first-order chi connectivity index (χ1) is 20.3. The monoisotopic (exact) mass is 584 g/mol. The molecule has 2 aromatic carbocycles. The highest BCUT2D eigenvalue weighted by atomic mass is 16.2. The van der Waals surface area contributed by atoms with Gasteiger partial charge in [-0.05, 0) is 121 Å². The summed E-state index contributed by atoms with van der Waals surface area (Å²) in [4.78, 5) is 40.7. The van der Waals surface area contributed by atoms with Crippen molar-refractivity contribution in [1.82, 2.24) is 5.32 Å². The van der Waals surface area contributed by atoms with Crippen molar-refractivity contribution >= 4 is 29.1 Å². The minimum Gasteiger partial charge on any atom is -0.399 e. The van der Waals surface area contributed by atoms with Gasteiger partial charge in [-0.25, -0.2) is 0 Å². The Morgan fingerprint density at radius 3 is 1.81 bits per heavy atom. The SMILES string of the molecule is CC1(C(=O)NC(=O)[C@@]2(C)CCC[C@]3(C)c4cc(NC(=O)CN)ccc4CC[C@@H]23)CCCC2(C)c3cc(N)ccc3CCC12. The summed E-state index contributed by atoms with van der Waals surface area (Å²) in [5.41, 5.74) is 16.7. The van der Waals surface area contributed by atoms with Crippen LogP contribution in [0.3, 0.4) is 0 Å². The number of nitrogens with one attached hydrogen (secondary N) is 2. The summed E-state index contributed by atoms with van der Waals surface area (Å²) in [7, 11) is 0. The molecule has 7 nitrogen and oxygen atoms in total. The van der Waals surface area contributed by atoms with Crippen LogP contribution in [-0.2, 0) is 38.1 Å². The Kier molecular flexibility index (Phi) is 7.27. The number of anilines is 2. The summed E-state index contributed by atoms with van der Waals surface area (Å²) in [6, 6.07) is 12.4. The number of fused-ring (bicyclic) bond motifs is 6. The molecule has 2 fully saturated rings. The van der Waals surface area contributed by atoms with Crippen molar-refractivity contribution in [3.05, 3.63) is 58.7 Å². The van der Waals surface area contributed by atoms with Crippen molar-refractivity contribution in [1.29, 1.82) is 0 Å². The van der Waals surface area contributed by atoms with Crippen LogP contribution in [0.2, 0.25) is 0 Å². The number of nitrogens with two attached hydrogens (primary N) is 2. The first kappa shape index (κ1) is 29.9. The van der Waals surface area contributed by atoms with Gasteiger partial charge in [-0.1, -0.05) is 52.7 Å². The van der Waals surface area contributed by atoms with Crippen LogP contribution in [0.15, 0.2) is 36.4 Å². The fourth-order valence-corrected chi connectivity index (χ4v) is 10.2. The lowest BCUT2D eigenvalue weighted by Crippen LogP contribution is -2.60. The summed E-state index contributed by atoms with van der Waals surface area (Å²) in [5.74, 6) is -0.232. The third kappa shape index (κ3) is 4.61. The van der Waals surface area contributed by atoms with Gasteiger partial charge < -0.3 is 16.8 Å². The second kappa shape index (κ2) is 10.5. The lowest BCUT2D eigenvalue weighted by molar-refractivity contribution is -0.150. The van der Waals surface area contributed by atoms with E-state index in [1.165, 1.54) is 22.3 Å². The Morgan fingerprint density at radius 1 is 0.767 bits per heavy atom. The molecule has 0 aliphatic heterocycles. The Labute approximate surface area is 255 Å². The Hall–Kier alpha value is -3.19. The van der Waals surface area contributed by atoms with Crippen molar-refractivity contribution < 1.29 is 14.4 Å². The van der Waals surface area contributed by atoms with Gasteiger partial charge in [-0.2, -0.15) is 0 Å². The van der Waals surface area contributed by atoms with Crippen molar-refractivity contribution in [3.63, 3.8) is 0 Å². The van der Waals surface area contributed by atoms with Gasteiger partial charge in [-0.3, -0.25) is 19.7 Å². The Balaban J connectivity index is 1.26. The molecule has 7 heteroatoms. The topological polar surface area (TPSA) is 127 Å². The molecule has 6 atom stereocenters. The van der Waals surface area contributed by atoms with Crippen LogP contribution >= 0.6 is 0 Å². The summed E-state index contributed by atoms with van der Waals surface area (Å²) in [5, 5.41) is 5.94. The zero-order chi connectivity index (χ0) is 30.8. The summed E-state index contributed by atoms with van der Waals surface area (Å²) in [6.07, 6.45) is 9.01. The van der Waals surface area contributed by atoms with Crippen LogP contribution in [0.5, 0.6) is 0 Å². The molecule has 0 heterocycles. The van der Waals surface area contributed by atoms with Gasteiger partial charge in [0.2, 0.25) is 17.7 Å². The average Bonchev–Trinajstić information content (AvgIpc) is 2.97. The third-order valence-electron chi connectivity index (χ3n) is 12.5. The van der Waals surface area contributed by atoms with E-state index >= 15 is 0 Å². The number of hydrogen-bond donors (Lipinski definition) is 4. The van der Waals surface area contributed by atoms with Crippen molar-refractivity contribution in [3.8, 4) is 0 Å². The van der Waals surface area contributed by atoms with E-state index in [0.29, 0.717) is 0 Å². The van der Waals surface area contributed by atoms with E-state index in [0.717, 1.165) is 75.6 Å². The Bertz CT molecular complexity index is 1490. The second-order valence-electron chi connectivity index (χ2n) is 14.9. The Morgan fingerprint density at radius 2 is 1.28 bits per heavy atom. The molecule has 0 bridgehead atoms. The summed E-state index contributed by atoms with van der Waals surface area (Å²) in [6.45, 7) is 8.68. The smallest absolute Gasteiger partial charge is 0.238 e. The zero-order valence-electron chi connectivity index (χ0n) is 26.3. The lowest BCUT2D eigenvalue weighted by Gasteiger charge is -2.56. The number of nitrogen functional groups attached to an aromatic ring is 1. The fourth-order valence-electron chi connectivity index (χ4n) is 10.2. The maximum Gasteiger partial charge on any atom is 0.238 e. The third-order valence-corrected chi connectivity index (χ3v) is 12.5. The van der Waals surface area contributed by atoms with E-state index in [-0.39, 0.29) is 46.9 Å². The molecule has 6 N–H and O–H groups in total. The molecule has 4 aliphatic carbocycles. The molecular formula is C36H48N4O3. The number of amides is 3. The minimum absolute atomic E-state index is 0.0667. The minimum atomic E-state index is -0.668. The normalized spacial score (nSPS) is 34.5. The second-order valence-corrected chi connectivity index (χ2v) is 14.9. The van der Waals surface area contributed by atoms with Crippen LogP contribution in [-0.4, -0.2) is 24.3 Å². The molecule has 2 saturated carbocycles. The van der Waals surface area contributed by atoms with Gasteiger partial charge in [-0.15, -0.1) is 0 Å². The number of imide groups is 1. The molecule has 3 unspecified atom stereocenters. The predicted octanol–water partition coefficient (Wildman–Crippen LogP) is 5.53. The number of hydrogen-bond acceptors (Lipinski definition) is 5. The van der Waals surface area contributed by atoms with Gasteiger partial charge in [0.15, 0.2) is 0 Å². The summed E-state index contributed by atoms with van der Waals surface area (Å²) < 4.78 is 0. The van der Waals surface area contributed by atoms with Gasteiger partial charge in [0.25, 0.3) is 0 Å². The van der Waals surface area contributed by atoms with Crippen molar-refractivity contribution in [2.24, 2.45) is 28.4 Å². The first-order valence-corrected chi connectivity index (χ1v) is 16.2. The van der Waals surface area contributed by atoms with E-state index < -0.39 is 10.8 Å². The van der Waals surface area contributed by atoms with Crippen molar-refractivity contribution in [2.75, 3.05) is 17.6 Å². The van der Waals surface area contributed by atoms with Gasteiger partial charge in [0, 0.05) is 11.4 Å². The van der Waals surface area contributed by atoms with E-state index in [1.54, 1.807) is 0 Å². The summed E-state index contributed by atoms with van der Waals surface area (Å²) >= 11 is 0.